The number of halogens is 1. The Morgan fingerprint density at radius 2 is 2.29 bits per heavy atom. The van der Waals surface area contributed by atoms with Crippen molar-refractivity contribution in [2.75, 3.05) is 13.7 Å². The van der Waals surface area contributed by atoms with Crippen molar-refractivity contribution in [3.8, 4) is 5.75 Å². The van der Waals surface area contributed by atoms with Crippen molar-refractivity contribution in [3.63, 3.8) is 0 Å². The standard InChI is InChI=1S/C17H24FNO2/c1-3-19-15-11-17(8-4-5-13(10-17)20-2)21-16-9-12(18)6-7-14(15)16/h6-7,9,13,15,19H,3-5,8,10-11H2,1-2H3. The van der Waals surface area contributed by atoms with Crippen molar-refractivity contribution in [1.29, 1.82) is 0 Å². The second-order valence-electron chi connectivity index (χ2n) is 6.24. The van der Waals surface area contributed by atoms with Crippen LogP contribution in [-0.4, -0.2) is 25.4 Å². The number of hydrogen-bond donors (Lipinski definition) is 1. The Kier molecular flexibility index (Phi) is 4.18. The first-order valence-electron chi connectivity index (χ1n) is 7.90. The molecule has 116 valence electrons. The molecule has 1 spiro atoms. The van der Waals surface area contributed by atoms with Gasteiger partial charge in [-0.1, -0.05) is 13.0 Å². The van der Waals surface area contributed by atoms with E-state index in [9.17, 15) is 4.39 Å². The lowest BCUT2D eigenvalue weighted by atomic mass is 9.76. The molecule has 2 aliphatic rings. The topological polar surface area (TPSA) is 30.5 Å². The van der Waals surface area contributed by atoms with Crippen LogP contribution in [0.4, 0.5) is 4.39 Å². The molecule has 3 atom stereocenters. The van der Waals surface area contributed by atoms with E-state index in [0.717, 1.165) is 44.2 Å². The van der Waals surface area contributed by atoms with E-state index in [2.05, 4.69) is 12.2 Å². The van der Waals surface area contributed by atoms with Crippen LogP contribution in [0.3, 0.4) is 0 Å². The molecule has 21 heavy (non-hydrogen) atoms. The smallest absolute Gasteiger partial charge is 0.127 e. The quantitative estimate of drug-likeness (QED) is 0.924. The van der Waals surface area contributed by atoms with Crippen molar-refractivity contribution >= 4 is 0 Å². The van der Waals surface area contributed by atoms with E-state index in [1.54, 1.807) is 7.11 Å². The summed E-state index contributed by atoms with van der Waals surface area (Å²) in [5, 5.41) is 3.52. The highest BCUT2D eigenvalue weighted by molar-refractivity contribution is 5.39. The highest BCUT2D eigenvalue weighted by Crippen LogP contribution is 2.46. The van der Waals surface area contributed by atoms with Gasteiger partial charge in [0.05, 0.1) is 6.10 Å². The van der Waals surface area contributed by atoms with Gasteiger partial charge in [0.1, 0.15) is 17.2 Å². The van der Waals surface area contributed by atoms with Gasteiger partial charge in [-0.05, 0) is 31.9 Å². The van der Waals surface area contributed by atoms with Crippen molar-refractivity contribution in [2.45, 2.75) is 56.8 Å². The fourth-order valence-electron chi connectivity index (χ4n) is 3.82. The SMILES string of the molecule is CCNC1CC2(CCCC(OC)C2)Oc2cc(F)ccc21. The van der Waals surface area contributed by atoms with E-state index in [-0.39, 0.29) is 23.6 Å². The highest BCUT2D eigenvalue weighted by atomic mass is 19.1. The molecule has 4 heteroatoms. The van der Waals surface area contributed by atoms with Crippen molar-refractivity contribution in [3.05, 3.63) is 29.6 Å². The number of rotatable bonds is 3. The van der Waals surface area contributed by atoms with E-state index in [1.165, 1.54) is 12.1 Å². The number of hydrogen-bond acceptors (Lipinski definition) is 3. The van der Waals surface area contributed by atoms with Gasteiger partial charge in [0.15, 0.2) is 0 Å². The molecule has 0 aromatic heterocycles. The predicted octanol–water partition coefficient (Wildman–Crippen LogP) is 3.59. The van der Waals surface area contributed by atoms with E-state index >= 15 is 0 Å². The van der Waals surface area contributed by atoms with Gasteiger partial charge in [0.2, 0.25) is 0 Å². The summed E-state index contributed by atoms with van der Waals surface area (Å²) in [6.07, 6.45) is 5.27. The van der Waals surface area contributed by atoms with Gasteiger partial charge in [-0.25, -0.2) is 4.39 Å². The molecular weight excluding hydrogens is 269 g/mol. The molecule has 0 amide bonds. The van der Waals surface area contributed by atoms with Crippen LogP contribution in [0.1, 0.15) is 50.6 Å². The Hall–Kier alpha value is -1.13. The second-order valence-corrected chi connectivity index (χ2v) is 6.24. The maximum absolute atomic E-state index is 13.6. The Bertz CT molecular complexity index is 508. The van der Waals surface area contributed by atoms with Crippen LogP contribution in [0.2, 0.25) is 0 Å². The van der Waals surface area contributed by atoms with Gasteiger partial charge in [0.25, 0.3) is 0 Å². The van der Waals surface area contributed by atoms with Crippen LogP contribution in [0.15, 0.2) is 18.2 Å². The van der Waals surface area contributed by atoms with E-state index in [4.69, 9.17) is 9.47 Å². The van der Waals surface area contributed by atoms with Gasteiger partial charge < -0.3 is 14.8 Å². The third-order valence-corrected chi connectivity index (χ3v) is 4.80. The molecule has 1 fully saturated rings. The molecule has 1 N–H and O–H groups in total. The number of nitrogens with one attached hydrogen (secondary N) is 1. The lowest BCUT2D eigenvalue weighted by Crippen LogP contribution is -2.48. The molecule has 1 saturated carbocycles. The van der Waals surface area contributed by atoms with Gasteiger partial charge in [-0.15, -0.1) is 0 Å². The van der Waals surface area contributed by atoms with Gasteiger partial charge in [-0.2, -0.15) is 0 Å². The molecule has 1 aliphatic carbocycles. The summed E-state index contributed by atoms with van der Waals surface area (Å²) in [5.74, 6) is 0.462. The largest absolute Gasteiger partial charge is 0.487 e. The molecular formula is C17H24FNO2. The van der Waals surface area contributed by atoms with E-state index in [0.29, 0.717) is 5.75 Å². The zero-order valence-corrected chi connectivity index (χ0v) is 12.8. The summed E-state index contributed by atoms with van der Waals surface area (Å²) in [6, 6.07) is 5.12. The average molecular weight is 293 g/mol. The molecule has 1 aromatic rings. The molecule has 1 aromatic carbocycles. The average Bonchev–Trinajstić information content (AvgIpc) is 2.47. The van der Waals surface area contributed by atoms with Crippen LogP contribution >= 0.6 is 0 Å². The minimum absolute atomic E-state index is 0.216. The number of ether oxygens (including phenoxy) is 2. The molecule has 0 bridgehead atoms. The Balaban J connectivity index is 1.92. The minimum atomic E-state index is -0.236. The van der Waals surface area contributed by atoms with E-state index in [1.807, 2.05) is 6.07 Å². The van der Waals surface area contributed by atoms with Gasteiger partial charge >= 0.3 is 0 Å². The minimum Gasteiger partial charge on any atom is -0.487 e. The maximum atomic E-state index is 13.6. The molecule has 1 heterocycles. The molecule has 0 radical (unpaired) electrons. The highest BCUT2D eigenvalue weighted by Gasteiger charge is 2.44. The van der Waals surface area contributed by atoms with Crippen LogP contribution in [0.5, 0.6) is 5.75 Å². The van der Waals surface area contributed by atoms with Crippen LogP contribution < -0.4 is 10.1 Å². The first-order chi connectivity index (χ1) is 10.2. The maximum Gasteiger partial charge on any atom is 0.127 e. The third kappa shape index (κ3) is 2.92. The van der Waals surface area contributed by atoms with Crippen molar-refractivity contribution < 1.29 is 13.9 Å². The second kappa shape index (κ2) is 5.93. The first-order valence-corrected chi connectivity index (χ1v) is 7.90. The predicted molar refractivity (Wildman–Crippen MR) is 80.1 cm³/mol. The van der Waals surface area contributed by atoms with E-state index < -0.39 is 0 Å². The summed E-state index contributed by atoms with van der Waals surface area (Å²) >= 11 is 0. The zero-order chi connectivity index (χ0) is 14.9. The first kappa shape index (κ1) is 14.8. The lowest BCUT2D eigenvalue weighted by molar-refractivity contribution is -0.0602. The normalized spacial score (nSPS) is 31.8. The van der Waals surface area contributed by atoms with Crippen LogP contribution in [0.25, 0.3) is 0 Å². The Morgan fingerprint density at radius 3 is 3.05 bits per heavy atom. The molecule has 3 rings (SSSR count). The Morgan fingerprint density at radius 1 is 1.43 bits per heavy atom. The molecule has 3 nitrogen and oxygen atoms in total. The molecule has 1 aliphatic heterocycles. The Labute approximate surface area is 125 Å². The fraction of sp³-hybridized carbons (Fsp3) is 0.647. The molecule has 3 unspecified atom stereocenters. The van der Waals surface area contributed by atoms with Crippen LogP contribution in [0, 0.1) is 5.82 Å². The fourth-order valence-corrected chi connectivity index (χ4v) is 3.82. The summed E-state index contributed by atoms with van der Waals surface area (Å²) in [5.41, 5.74) is 0.857. The zero-order valence-electron chi connectivity index (χ0n) is 12.8. The third-order valence-electron chi connectivity index (χ3n) is 4.80. The van der Waals surface area contributed by atoms with Crippen LogP contribution in [-0.2, 0) is 4.74 Å². The van der Waals surface area contributed by atoms with Gasteiger partial charge in [-0.3, -0.25) is 0 Å². The number of benzene rings is 1. The lowest BCUT2D eigenvalue weighted by Gasteiger charge is -2.46. The van der Waals surface area contributed by atoms with Crippen molar-refractivity contribution in [2.24, 2.45) is 0 Å². The van der Waals surface area contributed by atoms with Gasteiger partial charge in [0, 0.05) is 37.6 Å². The summed E-state index contributed by atoms with van der Waals surface area (Å²) in [4.78, 5) is 0. The van der Waals surface area contributed by atoms with Crippen molar-refractivity contribution in [1.82, 2.24) is 5.32 Å². The summed E-state index contributed by atoms with van der Waals surface area (Å²) in [7, 11) is 1.77. The molecule has 0 saturated heterocycles. The number of methoxy groups -OCH3 is 1. The summed E-state index contributed by atoms with van der Waals surface area (Å²) in [6.45, 7) is 3.00. The monoisotopic (exact) mass is 293 g/mol. The summed E-state index contributed by atoms with van der Waals surface area (Å²) < 4.78 is 25.4. The number of fused-ring (bicyclic) bond motifs is 1.